The van der Waals surface area contributed by atoms with E-state index >= 15 is 0 Å². The standard InChI is InChI=1S/C12H20Cl2N2S/c1-12(2,3)16-6-4-5-15-8-9-7-10(13)17-11(9)14/h7,15-16H,4-6,8H2,1-3H3. The van der Waals surface area contributed by atoms with Crippen LogP contribution in [0.25, 0.3) is 0 Å². The average Bonchev–Trinajstić information content (AvgIpc) is 2.49. The summed E-state index contributed by atoms with van der Waals surface area (Å²) in [5, 5.41) is 6.82. The van der Waals surface area contributed by atoms with E-state index in [2.05, 4.69) is 31.4 Å². The van der Waals surface area contributed by atoms with Crippen molar-refractivity contribution in [1.29, 1.82) is 0 Å². The van der Waals surface area contributed by atoms with Gasteiger partial charge in [0.05, 0.1) is 8.67 Å². The number of nitrogens with one attached hydrogen (secondary N) is 2. The Kier molecular flexibility index (Phi) is 6.24. The first-order valence-electron chi connectivity index (χ1n) is 5.78. The molecule has 0 bridgehead atoms. The van der Waals surface area contributed by atoms with Crippen LogP contribution in [0.15, 0.2) is 6.07 Å². The highest BCUT2D eigenvalue weighted by Gasteiger charge is 2.07. The summed E-state index contributed by atoms with van der Waals surface area (Å²) >= 11 is 13.3. The highest BCUT2D eigenvalue weighted by molar-refractivity contribution is 7.20. The van der Waals surface area contributed by atoms with Gasteiger partial charge in [0.15, 0.2) is 0 Å². The van der Waals surface area contributed by atoms with Crippen LogP contribution in [0.2, 0.25) is 8.67 Å². The van der Waals surface area contributed by atoms with Crippen LogP contribution < -0.4 is 10.6 Å². The van der Waals surface area contributed by atoms with Gasteiger partial charge in [0.1, 0.15) is 0 Å². The Morgan fingerprint density at radius 2 is 1.94 bits per heavy atom. The number of halogens is 2. The van der Waals surface area contributed by atoms with Gasteiger partial charge >= 0.3 is 0 Å². The van der Waals surface area contributed by atoms with Crippen LogP contribution in [0.3, 0.4) is 0 Å². The molecule has 0 saturated carbocycles. The Bertz CT molecular complexity index is 345. The maximum absolute atomic E-state index is 6.03. The van der Waals surface area contributed by atoms with Crippen LogP contribution in [0.5, 0.6) is 0 Å². The second-order valence-electron chi connectivity index (χ2n) is 5.06. The van der Waals surface area contributed by atoms with Crippen molar-refractivity contribution in [2.45, 2.75) is 39.3 Å². The summed E-state index contributed by atoms with van der Waals surface area (Å²) < 4.78 is 1.54. The lowest BCUT2D eigenvalue weighted by Gasteiger charge is -2.20. The van der Waals surface area contributed by atoms with Gasteiger partial charge in [-0.05, 0) is 51.9 Å². The van der Waals surface area contributed by atoms with E-state index in [0.717, 1.165) is 40.3 Å². The van der Waals surface area contributed by atoms with Crippen LogP contribution in [0.4, 0.5) is 0 Å². The summed E-state index contributed by atoms with van der Waals surface area (Å²) in [4.78, 5) is 0. The molecule has 0 aromatic carbocycles. The van der Waals surface area contributed by atoms with Crippen molar-refractivity contribution in [3.63, 3.8) is 0 Å². The molecule has 0 spiro atoms. The van der Waals surface area contributed by atoms with E-state index in [1.54, 1.807) is 0 Å². The smallest absolute Gasteiger partial charge is 0.0989 e. The predicted molar refractivity (Wildman–Crippen MR) is 78.4 cm³/mol. The maximum Gasteiger partial charge on any atom is 0.0989 e. The molecule has 1 rings (SSSR count). The quantitative estimate of drug-likeness (QED) is 0.777. The Hall–Kier alpha value is 0.200. The van der Waals surface area contributed by atoms with Crippen molar-refractivity contribution in [2.75, 3.05) is 13.1 Å². The zero-order valence-corrected chi connectivity index (χ0v) is 12.9. The third-order valence-electron chi connectivity index (χ3n) is 2.23. The normalized spacial score (nSPS) is 12.1. The highest BCUT2D eigenvalue weighted by atomic mass is 35.5. The van der Waals surface area contributed by atoms with E-state index in [-0.39, 0.29) is 5.54 Å². The van der Waals surface area contributed by atoms with E-state index in [1.807, 2.05) is 6.07 Å². The van der Waals surface area contributed by atoms with Crippen LogP contribution in [-0.4, -0.2) is 18.6 Å². The summed E-state index contributed by atoms with van der Waals surface area (Å²) in [7, 11) is 0. The van der Waals surface area contributed by atoms with Crippen molar-refractivity contribution in [3.8, 4) is 0 Å². The minimum absolute atomic E-state index is 0.199. The Morgan fingerprint density at radius 3 is 2.47 bits per heavy atom. The summed E-state index contributed by atoms with van der Waals surface area (Å²) in [6.07, 6.45) is 1.10. The monoisotopic (exact) mass is 294 g/mol. The van der Waals surface area contributed by atoms with Gasteiger partial charge in [0.25, 0.3) is 0 Å². The van der Waals surface area contributed by atoms with Crippen molar-refractivity contribution < 1.29 is 0 Å². The molecule has 2 N–H and O–H groups in total. The van der Waals surface area contributed by atoms with Gasteiger partial charge in [-0.2, -0.15) is 0 Å². The fourth-order valence-electron chi connectivity index (χ4n) is 1.39. The number of thiophene rings is 1. The maximum atomic E-state index is 6.03. The molecular weight excluding hydrogens is 275 g/mol. The number of hydrogen-bond donors (Lipinski definition) is 2. The molecule has 0 aliphatic rings. The van der Waals surface area contributed by atoms with E-state index in [1.165, 1.54) is 11.3 Å². The zero-order valence-electron chi connectivity index (χ0n) is 10.6. The molecule has 1 heterocycles. The molecule has 0 fully saturated rings. The average molecular weight is 295 g/mol. The largest absolute Gasteiger partial charge is 0.313 e. The lowest BCUT2D eigenvalue weighted by atomic mass is 10.1. The van der Waals surface area contributed by atoms with E-state index in [0.29, 0.717) is 0 Å². The summed E-state index contributed by atoms with van der Waals surface area (Å²) in [5.41, 5.74) is 1.29. The lowest BCUT2D eigenvalue weighted by Crippen LogP contribution is -2.37. The Morgan fingerprint density at radius 1 is 1.24 bits per heavy atom. The fourth-order valence-corrected chi connectivity index (χ4v) is 2.88. The molecule has 98 valence electrons. The fraction of sp³-hybridized carbons (Fsp3) is 0.667. The lowest BCUT2D eigenvalue weighted by molar-refractivity contribution is 0.418. The number of hydrogen-bond acceptors (Lipinski definition) is 3. The summed E-state index contributed by atoms with van der Waals surface area (Å²) in [5.74, 6) is 0. The van der Waals surface area contributed by atoms with Crippen LogP contribution in [0.1, 0.15) is 32.8 Å². The van der Waals surface area contributed by atoms with Crippen molar-refractivity contribution in [3.05, 3.63) is 20.3 Å². The van der Waals surface area contributed by atoms with Crippen LogP contribution in [0, 0.1) is 0 Å². The van der Waals surface area contributed by atoms with Crippen LogP contribution >= 0.6 is 34.5 Å². The minimum atomic E-state index is 0.199. The third kappa shape index (κ3) is 6.63. The second-order valence-corrected chi connectivity index (χ2v) is 7.34. The van der Waals surface area contributed by atoms with E-state index in [4.69, 9.17) is 23.2 Å². The third-order valence-corrected chi connectivity index (χ3v) is 3.80. The highest BCUT2D eigenvalue weighted by Crippen LogP contribution is 2.30. The van der Waals surface area contributed by atoms with Gasteiger partial charge in [-0.1, -0.05) is 23.2 Å². The summed E-state index contributed by atoms with van der Waals surface area (Å²) in [6.45, 7) is 9.31. The summed E-state index contributed by atoms with van der Waals surface area (Å²) in [6, 6.07) is 1.93. The first-order chi connectivity index (χ1) is 7.88. The SMILES string of the molecule is CC(C)(C)NCCCNCc1cc(Cl)sc1Cl. The Balaban J connectivity index is 2.11. The minimum Gasteiger partial charge on any atom is -0.313 e. The van der Waals surface area contributed by atoms with Gasteiger partial charge in [0, 0.05) is 12.1 Å². The predicted octanol–water partition coefficient (Wildman–Crippen LogP) is 3.92. The molecule has 0 aliphatic heterocycles. The number of rotatable bonds is 6. The molecule has 1 aromatic heterocycles. The second kappa shape index (κ2) is 6.95. The van der Waals surface area contributed by atoms with E-state index < -0.39 is 0 Å². The van der Waals surface area contributed by atoms with Gasteiger partial charge in [-0.15, -0.1) is 11.3 Å². The van der Waals surface area contributed by atoms with Gasteiger partial charge in [-0.25, -0.2) is 0 Å². The molecular formula is C12H20Cl2N2S. The van der Waals surface area contributed by atoms with Crippen molar-refractivity contribution in [2.24, 2.45) is 0 Å². The first-order valence-corrected chi connectivity index (χ1v) is 7.35. The molecule has 0 unspecified atom stereocenters. The molecule has 5 heteroatoms. The van der Waals surface area contributed by atoms with Gasteiger partial charge < -0.3 is 10.6 Å². The molecule has 2 nitrogen and oxygen atoms in total. The first kappa shape index (κ1) is 15.3. The van der Waals surface area contributed by atoms with Crippen molar-refractivity contribution >= 4 is 34.5 Å². The molecule has 0 saturated heterocycles. The Labute approximate surface area is 118 Å². The molecule has 1 aromatic rings. The van der Waals surface area contributed by atoms with Crippen molar-refractivity contribution in [1.82, 2.24) is 10.6 Å². The van der Waals surface area contributed by atoms with Gasteiger partial charge in [-0.3, -0.25) is 0 Å². The molecule has 17 heavy (non-hydrogen) atoms. The topological polar surface area (TPSA) is 24.1 Å². The molecule has 0 amide bonds. The zero-order chi connectivity index (χ0) is 12.9. The van der Waals surface area contributed by atoms with Crippen LogP contribution in [-0.2, 0) is 6.54 Å². The molecule has 0 atom stereocenters. The molecule has 0 radical (unpaired) electrons. The molecule has 0 aliphatic carbocycles. The van der Waals surface area contributed by atoms with E-state index in [9.17, 15) is 0 Å². The van der Waals surface area contributed by atoms with Gasteiger partial charge in [0.2, 0.25) is 0 Å².